The van der Waals surface area contributed by atoms with Crippen LogP contribution in [0.15, 0.2) is 30.5 Å². The molecule has 1 heterocycles. The Hall–Kier alpha value is -1.77. The molecule has 1 aliphatic rings. The van der Waals surface area contributed by atoms with Gasteiger partial charge in [-0.05, 0) is 29.9 Å². The van der Waals surface area contributed by atoms with Crippen LogP contribution in [0.5, 0.6) is 0 Å². The largest absolute Gasteiger partial charge is 0.361 e. The van der Waals surface area contributed by atoms with E-state index in [1.165, 1.54) is 19.3 Å². The fraction of sp³-hybridized carbons (Fsp3) is 0.438. The molecule has 1 saturated carbocycles. The maximum absolute atomic E-state index is 12.0. The van der Waals surface area contributed by atoms with Gasteiger partial charge in [-0.15, -0.1) is 0 Å². The molecule has 1 aromatic heterocycles. The van der Waals surface area contributed by atoms with E-state index in [1.54, 1.807) is 0 Å². The van der Waals surface area contributed by atoms with Crippen LogP contribution in [0, 0.1) is 5.41 Å². The molecule has 0 aliphatic heterocycles. The minimum absolute atomic E-state index is 0.123. The Labute approximate surface area is 113 Å². The highest BCUT2D eigenvalue weighted by atomic mass is 16.1. The minimum Gasteiger partial charge on any atom is -0.361 e. The van der Waals surface area contributed by atoms with E-state index in [0.717, 1.165) is 23.0 Å². The molecule has 0 bridgehead atoms. The predicted octanol–water partition coefficient (Wildman–Crippen LogP) is 3.02. The average Bonchev–Trinajstić information content (AvgIpc) is 2.78. The molecular weight excluding hydrogens is 236 g/mol. The summed E-state index contributed by atoms with van der Waals surface area (Å²) in [6.07, 6.45) is 6.17. The van der Waals surface area contributed by atoms with Crippen LogP contribution in [0.3, 0.4) is 0 Å². The van der Waals surface area contributed by atoms with Gasteiger partial charge in [0.25, 0.3) is 0 Å². The smallest absolute Gasteiger partial charge is 0.224 e. The molecule has 1 fully saturated rings. The van der Waals surface area contributed by atoms with Gasteiger partial charge in [-0.2, -0.15) is 0 Å². The van der Waals surface area contributed by atoms with Crippen molar-refractivity contribution in [2.75, 3.05) is 6.54 Å². The van der Waals surface area contributed by atoms with Gasteiger partial charge in [0.05, 0.1) is 6.42 Å². The van der Waals surface area contributed by atoms with Crippen LogP contribution in [0.4, 0.5) is 0 Å². The molecule has 1 aromatic carbocycles. The van der Waals surface area contributed by atoms with Gasteiger partial charge in [0.15, 0.2) is 0 Å². The number of aromatic nitrogens is 1. The first-order valence-electron chi connectivity index (χ1n) is 6.98. The van der Waals surface area contributed by atoms with Gasteiger partial charge in [-0.25, -0.2) is 0 Å². The Kier molecular flexibility index (Phi) is 3.05. The first kappa shape index (κ1) is 12.3. The second kappa shape index (κ2) is 4.72. The number of carbonyl (C=O) groups is 1. The number of H-pyrrole nitrogens is 1. The summed E-state index contributed by atoms with van der Waals surface area (Å²) in [6, 6.07) is 8.10. The van der Waals surface area contributed by atoms with E-state index in [9.17, 15) is 4.79 Å². The molecule has 100 valence electrons. The summed E-state index contributed by atoms with van der Waals surface area (Å²) in [4.78, 5) is 15.2. The summed E-state index contributed by atoms with van der Waals surface area (Å²) >= 11 is 0. The van der Waals surface area contributed by atoms with Crippen molar-refractivity contribution in [1.29, 1.82) is 0 Å². The second-order valence-electron chi connectivity index (χ2n) is 5.98. The monoisotopic (exact) mass is 256 g/mol. The lowest BCUT2D eigenvalue weighted by atomic mass is 9.70. The molecule has 3 rings (SSSR count). The number of para-hydroxylation sites is 1. The molecule has 2 aromatic rings. The topological polar surface area (TPSA) is 44.9 Å². The first-order valence-corrected chi connectivity index (χ1v) is 6.98. The number of rotatable bonds is 4. The molecule has 0 saturated heterocycles. The molecule has 0 atom stereocenters. The van der Waals surface area contributed by atoms with Crippen molar-refractivity contribution in [1.82, 2.24) is 10.3 Å². The molecule has 19 heavy (non-hydrogen) atoms. The third kappa shape index (κ3) is 2.50. The third-order valence-corrected chi connectivity index (χ3v) is 4.30. The first-order chi connectivity index (χ1) is 9.16. The Morgan fingerprint density at radius 3 is 2.89 bits per heavy atom. The van der Waals surface area contributed by atoms with Crippen LogP contribution in [0.1, 0.15) is 31.7 Å². The molecule has 3 nitrogen and oxygen atoms in total. The summed E-state index contributed by atoms with van der Waals surface area (Å²) in [6.45, 7) is 3.07. The number of hydrogen-bond acceptors (Lipinski definition) is 1. The second-order valence-corrected chi connectivity index (χ2v) is 5.98. The van der Waals surface area contributed by atoms with E-state index >= 15 is 0 Å². The lowest BCUT2D eigenvalue weighted by Crippen LogP contribution is -2.40. The number of hydrogen-bond donors (Lipinski definition) is 2. The SMILES string of the molecule is CC1(CNC(=O)Cc2c[nH]c3ccccc23)CCC1. The van der Waals surface area contributed by atoms with Crippen LogP contribution in [-0.2, 0) is 11.2 Å². The number of nitrogens with one attached hydrogen (secondary N) is 2. The van der Waals surface area contributed by atoms with Crippen molar-refractivity contribution in [3.63, 3.8) is 0 Å². The van der Waals surface area contributed by atoms with Gasteiger partial charge in [-0.3, -0.25) is 4.79 Å². The molecular formula is C16H20N2O. The summed E-state index contributed by atoms with van der Waals surface area (Å²) in [5.41, 5.74) is 2.51. The quantitative estimate of drug-likeness (QED) is 0.867. The van der Waals surface area contributed by atoms with Gasteiger partial charge >= 0.3 is 0 Å². The van der Waals surface area contributed by atoms with E-state index in [4.69, 9.17) is 0 Å². The highest BCUT2D eigenvalue weighted by Gasteiger charge is 2.31. The summed E-state index contributed by atoms with van der Waals surface area (Å²) in [7, 11) is 0. The Bertz CT molecular complexity index is 596. The van der Waals surface area contributed by atoms with Crippen LogP contribution in [0.2, 0.25) is 0 Å². The lowest BCUT2D eigenvalue weighted by molar-refractivity contribution is -0.121. The normalized spacial score (nSPS) is 17.1. The minimum atomic E-state index is 0.123. The van der Waals surface area contributed by atoms with Crippen LogP contribution >= 0.6 is 0 Å². The number of fused-ring (bicyclic) bond motifs is 1. The van der Waals surface area contributed by atoms with Crippen LogP contribution < -0.4 is 5.32 Å². The number of carbonyl (C=O) groups excluding carboxylic acids is 1. The van der Waals surface area contributed by atoms with Gasteiger partial charge in [-0.1, -0.05) is 31.5 Å². The van der Waals surface area contributed by atoms with E-state index in [2.05, 4.69) is 23.3 Å². The summed E-state index contributed by atoms with van der Waals surface area (Å²) in [5.74, 6) is 0.123. The Morgan fingerprint density at radius 1 is 1.37 bits per heavy atom. The maximum atomic E-state index is 12.0. The molecule has 1 aliphatic carbocycles. The molecule has 2 N–H and O–H groups in total. The van der Waals surface area contributed by atoms with Crippen molar-refractivity contribution in [3.05, 3.63) is 36.0 Å². The highest BCUT2D eigenvalue weighted by Crippen LogP contribution is 2.39. The van der Waals surface area contributed by atoms with E-state index < -0.39 is 0 Å². The molecule has 0 unspecified atom stereocenters. The summed E-state index contributed by atoms with van der Waals surface area (Å²) < 4.78 is 0. The van der Waals surface area contributed by atoms with Crippen molar-refractivity contribution in [2.45, 2.75) is 32.6 Å². The highest BCUT2D eigenvalue weighted by molar-refractivity contribution is 5.88. The fourth-order valence-electron chi connectivity index (χ4n) is 2.78. The zero-order chi connectivity index (χ0) is 13.3. The van der Waals surface area contributed by atoms with Gasteiger partial charge in [0, 0.05) is 23.6 Å². The van der Waals surface area contributed by atoms with Crippen molar-refractivity contribution < 1.29 is 4.79 Å². The van der Waals surface area contributed by atoms with Crippen molar-refractivity contribution in [3.8, 4) is 0 Å². The van der Waals surface area contributed by atoms with Crippen LogP contribution in [0.25, 0.3) is 10.9 Å². The number of aromatic amines is 1. The Morgan fingerprint density at radius 2 is 2.16 bits per heavy atom. The third-order valence-electron chi connectivity index (χ3n) is 4.30. The van der Waals surface area contributed by atoms with E-state index in [0.29, 0.717) is 11.8 Å². The number of benzene rings is 1. The van der Waals surface area contributed by atoms with E-state index in [-0.39, 0.29) is 5.91 Å². The fourth-order valence-corrected chi connectivity index (χ4v) is 2.78. The van der Waals surface area contributed by atoms with Gasteiger partial charge in [0.1, 0.15) is 0 Å². The molecule has 3 heteroatoms. The Balaban J connectivity index is 1.63. The zero-order valence-corrected chi connectivity index (χ0v) is 11.3. The van der Waals surface area contributed by atoms with Gasteiger partial charge < -0.3 is 10.3 Å². The van der Waals surface area contributed by atoms with Gasteiger partial charge in [0.2, 0.25) is 5.91 Å². The van der Waals surface area contributed by atoms with E-state index in [1.807, 2.05) is 24.4 Å². The van der Waals surface area contributed by atoms with Crippen LogP contribution in [-0.4, -0.2) is 17.4 Å². The van der Waals surface area contributed by atoms with Crippen molar-refractivity contribution >= 4 is 16.8 Å². The number of amides is 1. The molecule has 0 spiro atoms. The molecule has 0 radical (unpaired) electrons. The maximum Gasteiger partial charge on any atom is 0.224 e. The lowest BCUT2D eigenvalue weighted by Gasteiger charge is -2.38. The molecule has 1 amide bonds. The summed E-state index contributed by atoms with van der Waals surface area (Å²) in [5, 5.41) is 4.22. The zero-order valence-electron chi connectivity index (χ0n) is 11.3. The predicted molar refractivity (Wildman–Crippen MR) is 77.0 cm³/mol. The standard InChI is InChI=1S/C16H20N2O/c1-16(7-4-8-16)11-18-15(19)9-12-10-17-14-6-3-2-5-13(12)14/h2-3,5-6,10,17H,4,7-9,11H2,1H3,(H,18,19). The van der Waals surface area contributed by atoms with Crippen molar-refractivity contribution in [2.24, 2.45) is 5.41 Å². The average molecular weight is 256 g/mol.